The highest BCUT2D eigenvalue weighted by atomic mass is 35.5. The fraction of sp³-hybridized carbons (Fsp3) is 0.381. The van der Waals surface area contributed by atoms with Gasteiger partial charge in [0.05, 0.1) is 11.6 Å². The molecule has 0 amide bonds. The fourth-order valence-electron chi connectivity index (χ4n) is 3.32. The van der Waals surface area contributed by atoms with E-state index in [1.54, 1.807) is 38.1 Å². The van der Waals surface area contributed by atoms with Crippen molar-refractivity contribution in [2.75, 3.05) is 6.61 Å². The van der Waals surface area contributed by atoms with E-state index in [4.69, 9.17) is 16.3 Å². The summed E-state index contributed by atoms with van der Waals surface area (Å²) < 4.78 is 5.30. The summed E-state index contributed by atoms with van der Waals surface area (Å²) in [5.74, 6) is -1.44. The summed E-state index contributed by atoms with van der Waals surface area (Å²) in [6.07, 6.45) is 0. The van der Waals surface area contributed by atoms with E-state index in [0.29, 0.717) is 27.5 Å². The maximum absolute atomic E-state index is 12.6. The molecular formula is C21H24ClNO4. The largest absolute Gasteiger partial charge is 0.457 e. The number of H-pyrrole nitrogens is 1. The molecule has 27 heavy (non-hydrogen) atoms. The van der Waals surface area contributed by atoms with E-state index in [2.05, 4.69) is 4.98 Å². The molecule has 1 aromatic carbocycles. The number of esters is 1. The van der Waals surface area contributed by atoms with E-state index in [-0.39, 0.29) is 24.1 Å². The summed E-state index contributed by atoms with van der Waals surface area (Å²) in [6.45, 7) is 8.35. The number of carbonyl (C=O) groups is 3. The van der Waals surface area contributed by atoms with Gasteiger partial charge in [-0.05, 0) is 49.9 Å². The number of benzene rings is 1. The highest BCUT2D eigenvalue weighted by molar-refractivity contribution is 6.30. The van der Waals surface area contributed by atoms with Gasteiger partial charge in [0.25, 0.3) is 0 Å². The third-order valence-corrected chi connectivity index (χ3v) is 4.82. The van der Waals surface area contributed by atoms with Crippen molar-refractivity contribution in [3.63, 3.8) is 0 Å². The van der Waals surface area contributed by atoms with E-state index < -0.39 is 11.9 Å². The molecule has 0 saturated heterocycles. The van der Waals surface area contributed by atoms with Gasteiger partial charge in [-0.15, -0.1) is 0 Å². The first-order chi connectivity index (χ1) is 12.6. The lowest BCUT2D eigenvalue weighted by atomic mass is 9.88. The van der Waals surface area contributed by atoms with Crippen LogP contribution in [-0.2, 0) is 9.53 Å². The summed E-state index contributed by atoms with van der Waals surface area (Å²) in [4.78, 5) is 39.7. The van der Waals surface area contributed by atoms with Crippen LogP contribution < -0.4 is 0 Å². The van der Waals surface area contributed by atoms with Gasteiger partial charge in [-0.1, -0.05) is 37.6 Å². The van der Waals surface area contributed by atoms with Crippen molar-refractivity contribution >= 4 is 29.1 Å². The Kier molecular flexibility index (Phi) is 6.60. The predicted molar refractivity (Wildman–Crippen MR) is 105 cm³/mol. The quantitative estimate of drug-likeness (QED) is 0.552. The minimum Gasteiger partial charge on any atom is -0.457 e. The molecule has 0 aliphatic carbocycles. The maximum atomic E-state index is 12.6. The van der Waals surface area contributed by atoms with E-state index in [0.717, 1.165) is 5.56 Å². The van der Waals surface area contributed by atoms with Crippen LogP contribution in [0.2, 0.25) is 5.02 Å². The monoisotopic (exact) mass is 389 g/mol. The fourth-order valence-corrected chi connectivity index (χ4v) is 3.44. The molecule has 5 nitrogen and oxygen atoms in total. The molecule has 0 spiro atoms. The highest BCUT2D eigenvalue weighted by Gasteiger charge is 2.27. The zero-order valence-electron chi connectivity index (χ0n) is 16.2. The van der Waals surface area contributed by atoms with Gasteiger partial charge in [-0.3, -0.25) is 14.4 Å². The minimum absolute atomic E-state index is 0.00689. The van der Waals surface area contributed by atoms with Crippen molar-refractivity contribution in [1.29, 1.82) is 0 Å². The molecule has 0 bridgehead atoms. The van der Waals surface area contributed by atoms with Crippen molar-refractivity contribution in [1.82, 2.24) is 4.98 Å². The average molecular weight is 390 g/mol. The Morgan fingerprint density at radius 1 is 1.11 bits per heavy atom. The lowest BCUT2D eigenvalue weighted by molar-refractivity contribution is -0.145. The van der Waals surface area contributed by atoms with Crippen LogP contribution in [0.3, 0.4) is 0 Å². The van der Waals surface area contributed by atoms with Crippen LogP contribution in [0.1, 0.15) is 64.4 Å². The Hall–Kier alpha value is -2.40. The molecule has 0 fully saturated rings. The van der Waals surface area contributed by atoms with E-state index >= 15 is 0 Å². The van der Waals surface area contributed by atoms with Crippen LogP contribution in [0.5, 0.6) is 0 Å². The molecule has 6 heteroatoms. The number of Topliss-reactive ketones (excluding diaryl/α,β-unsaturated/α-hetero) is 2. The molecule has 1 heterocycles. The predicted octanol–water partition coefficient (Wildman–Crippen LogP) is 4.65. The highest BCUT2D eigenvalue weighted by Crippen LogP contribution is 2.27. The first-order valence-corrected chi connectivity index (χ1v) is 9.16. The summed E-state index contributed by atoms with van der Waals surface area (Å²) in [6, 6.07) is 7.01. The van der Waals surface area contributed by atoms with Gasteiger partial charge in [0, 0.05) is 16.3 Å². The van der Waals surface area contributed by atoms with Crippen LogP contribution >= 0.6 is 11.6 Å². The van der Waals surface area contributed by atoms with Crippen LogP contribution in [-0.4, -0.2) is 29.1 Å². The first kappa shape index (κ1) is 20.9. The standard InChI is InChI=1S/C21H24ClNO4/c1-11(2)18(15-6-8-16(22)9-7-15)21(26)27-10-17(25)20-12(3)19(14(5)24)13(4)23-20/h6-9,11,18,23H,10H2,1-5H3. The molecule has 1 atom stereocenters. The van der Waals surface area contributed by atoms with Crippen molar-refractivity contribution in [2.45, 2.75) is 40.5 Å². The van der Waals surface area contributed by atoms with Gasteiger partial charge in [-0.2, -0.15) is 0 Å². The Bertz CT molecular complexity index is 865. The molecule has 0 aliphatic heterocycles. The number of nitrogens with one attached hydrogen (secondary N) is 1. The smallest absolute Gasteiger partial charge is 0.314 e. The van der Waals surface area contributed by atoms with Crippen LogP contribution in [0.15, 0.2) is 24.3 Å². The van der Waals surface area contributed by atoms with Crippen molar-refractivity contribution in [2.24, 2.45) is 5.92 Å². The van der Waals surface area contributed by atoms with Gasteiger partial charge in [-0.25, -0.2) is 0 Å². The van der Waals surface area contributed by atoms with Gasteiger partial charge < -0.3 is 9.72 Å². The molecule has 2 rings (SSSR count). The molecule has 0 saturated carbocycles. The maximum Gasteiger partial charge on any atom is 0.314 e. The number of hydrogen-bond acceptors (Lipinski definition) is 4. The van der Waals surface area contributed by atoms with Crippen LogP contribution in [0.25, 0.3) is 0 Å². The van der Waals surface area contributed by atoms with Crippen molar-refractivity contribution in [3.8, 4) is 0 Å². The number of hydrogen-bond donors (Lipinski definition) is 1. The van der Waals surface area contributed by atoms with Crippen molar-refractivity contribution in [3.05, 3.63) is 57.4 Å². The van der Waals surface area contributed by atoms with E-state index in [1.165, 1.54) is 6.92 Å². The SMILES string of the molecule is CC(=O)c1c(C)[nH]c(C(=O)COC(=O)C(c2ccc(Cl)cc2)C(C)C)c1C. The zero-order chi connectivity index (χ0) is 20.3. The van der Waals surface area contributed by atoms with Gasteiger partial charge in [0.2, 0.25) is 5.78 Å². The number of aryl methyl sites for hydroxylation is 1. The second-order valence-corrected chi connectivity index (χ2v) is 7.42. The van der Waals surface area contributed by atoms with Crippen LogP contribution in [0, 0.1) is 19.8 Å². The Morgan fingerprint density at radius 3 is 2.19 bits per heavy atom. The molecule has 1 N–H and O–H groups in total. The lowest BCUT2D eigenvalue weighted by Crippen LogP contribution is -2.24. The average Bonchev–Trinajstić information content (AvgIpc) is 2.89. The third kappa shape index (κ3) is 4.66. The van der Waals surface area contributed by atoms with Crippen LogP contribution in [0.4, 0.5) is 0 Å². The summed E-state index contributed by atoms with van der Waals surface area (Å²) >= 11 is 5.91. The Balaban J connectivity index is 2.13. The second kappa shape index (κ2) is 8.53. The molecule has 1 unspecified atom stereocenters. The number of aromatic nitrogens is 1. The van der Waals surface area contributed by atoms with E-state index in [1.807, 2.05) is 13.8 Å². The normalized spacial score (nSPS) is 12.1. The third-order valence-electron chi connectivity index (χ3n) is 4.56. The number of halogens is 1. The summed E-state index contributed by atoms with van der Waals surface area (Å²) in [5, 5.41) is 0.587. The summed E-state index contributed by atoms with van der Waals surface area (Å²) in [7, 11) is 0. The van der Waals surface area contributed by atoms with E-state index in [9.17, 15) is 14.4 Å². The molecular weight excluding hydrogens is 366 g/mol. The molecule has 0 aliphatic rings. The van der Waals surface area contributed by atoms with Gasteiger partial charge in [0.15, 0.2) is 12.4 Å². The van der Waals surface area contributed by atoms with Crippen molar-refractivity contribution < 1.29 is 19.1 Å². The number of ketones is 2. The Morgan fingerprint density at radius 2 is 1.70 bits per heavy atom. The number of aromatic amines is 1. The molecule has 144 valence electrons. The minimum atomic E-state index is -0.491. The summed E-state index contributed by atoms with van der Waals surface area (Å²) in [5.41, 5.74) is 2.82. The van der Waals surface area contributed by atoms with Gasteiger partial charge in [0.1, 0.15) is 0 Å². The molecule has 0 radical (unpaired) electrons. The number of ether oxygens (including phenoxy) is 1. The zero-order valence-corrected chi connectivity index (χ0v) is 16.9. The topological polar surface area (TPSA) is 76.2 Å². The van der Waals surface area contributed by atoms with Gasteiger partial charge >= 0.3 is 5.97 Å². The molecule has 1 aromatic heterocycles. The molecule has 2 aromatic rings. The lowest BCUT2D eigenvalue weighted by Gasteiger charge is -2.19. The Labute approximate surface area is 164 Å². The number of rotatable bonds is 7. The second-order valence-electron chi connectivity index (χ2n) is 6.99. The first-order valence-electron chi connectivity index (χ1n) is 8.78. The number of carbonyl (C=O) groups excluding carboxylic acids is 3.